The van der Waals surface area contributed by atoms with Crippen molar-refractivity contribution in [2.45, 2.75) is 0 Å². The van der Waals surface area contributed by atoms with Crippen LogP contribution in [0.1, 0.15) is 10.4 Å². The molecule has 0 aliphatic heterocycles. The maximum absolute atomic E-state index is 12.2. The Balaban J connectivity index is 2.03. The summed E-state index contributed by atoms with van der Waals surface area (Å²) in [5.74, 6) is -0.400. The fourth-order valence-corrected chi connectivity index (χ4v) is 2.94. The number of thioether (sulfide) groups is 1. The molecule has 27 heavy (non-hydrogen) atoms. The number of aromatic nitrogens is 1. The zero-order valence-electron chi connectivity index (χ0n) is 14.8. The Bertz CT molecular complexity index is 1060. The van der Waals surface area contributed by atoms with Crippen LogP contribution in [0, 0.1) is 11.5 Å². The second kappa shape index (κ2) is 8.34. The molecular formula is C20H16N4O2S. The SMILES string of the molecule is COC(=O)c1cc(-c2ccc(N=C(NC#N)SC)cc2)nc2ccccc12. The average Bonchev–Trinajstić information content (AvgIpc) is 2.72. The lowest BCUT2D eigenvalue weighted by molar-refractivity contribution is 0.0603. The van der Waals surface area contributed by atoms with Gasteiger partial charge in [-0.1, -0.05) is 42.1 Å². The Labute approximate surface area is 160 Å². The summed E-state index contributed by atoms with van der Waals surface area (Å²) < 4.78 is 4.91. The van der Waals surface area contributed by atoms with E-state index in [1.807, 2.05) is 61.0 Å². The lowest BCUT2D eigenvalue weighted by Gasteiger charge is -2.09. The molecular weight excluding hydrogens is 360 g/mol. The fraction of sp³-hybridized carbons (Fsp3) is 0.100. The number of carbonyl (C=O) groups excluding carboxylic acids is 1. The third-order valence-electron chi connectivity index (χ3n) is 3.87. The zero-order chi connectivity index (χ0) is 19.2. The molecule has 0 amide bonds. The zero-order valence-corrected chi connectivity index (χ0v) is 15.6. The Kier molecular flexibility index (Phi) is 5.69. The van der Waals surface area contributed by atoms with Crippen molar-refractivity contribution >= 4 is 39.5 Å². The predicted octanol–water partition coefficient (Wildman–Crippen LogP) is 4.11. The van der Waals surface area contributed by atoms with Gasteiger partial charge in [0.1, 0.15) is 0 Å². The summed E-state index contributed by atoms with van der Waals surface area (Å²) in [7, 11) is 1.36. The van der Waals surface area contributed by atoms with Crippen molar-refractivity contribution in [2.75, 3.05) is 13.4 Å². The summed E-state index contributed by atoms with van der Waals surface area (Å²) in [4.78, 5) is 21.2. The van der Waals surface area contributed by atoms with Crippen molar-refractivity contribution in [1.29, 1.82) is 5.26 Å². The number of nitrogens with zero attached hydrogens (tertiary/aromatic N) is 3. The van der Waals surface area contributed by atoms with Crippen molar-refractivity contribution < 1.29 is 9.53 Å². The number of hydrogen-bond acceptors (Lipinski definition) is 6. The smallest absolute Gasteiger partial charge is 0.338 e. The van der Waals surface area contributed by atoms with Crippen LogP contribution in [0.25, 0.3) is 22.2 Å². The van der Waals surface area contributed by atoms with Crippen LogP contribution in [0.3, 0.4) is 0 Å². The Hall–Kier alpha value is -3.37. The molecule has 7 heteroatoms. The van der Waals surface area contributed by atoms with E-state index in [4.69, 9.17) is 10.00 Å². The van der Waals surface area contributed by atoms with E-state index in [0.717, 1.165) is 16.5 Å². The first kappa shape index (κ1) is 18.4. The number of amidine groups is 1. The molecule has 0 saturated heterocycles. The third-order valence-corrected chi connectivity index (χ3v) is 4.45. The van der Waals surface area contributed by atoms with Crippen LogP contribution in [0.4, 0.5) is 5.69 Å². The molecule has 3 aromatic rings. The van der Waals surface area contributed by atoms with Gasteiger partial charge in [-0.05, 0) is 30.5 Å². The number of nitriles is 1. The molecule has 1 N–H and O–H groups in total. The first-order valence-electron chi connectivity index (χ1n) is 8.02. The van der Waals surface area contributed by atoms with Gasteiger partial charge in [0.05, 0.1) is 29.6 Å². The quantitative estimate of drug-likeness (QED) is 0.243. The standard InChI is InChI=1S/C20H16N4O2S/c1-26-19(25)16-11-18(24-17-6-4-3-5-15(16)17)13-7-9-14(10-8-13)23-20(27-2)22-12-21/h3-11H,1-2H3,(H,22,23). The number of hydrogen-bond donors (Lipinski definition) is 1. The van der Waals surface area contributed by atoms with E-state index in [1.165, 1.54) is 18.9 Å². The van der Waals surface area contributed by atoms with E-state index in [2.05, 4.69) is 15.3 Å². The fourth-order valence-electron chi connectivity index (χ4n) is 2.60. The average molecular weight is 376 g/mol. The van der Waals surface area contributed by atoms with Crippen molar-refractivity contribution in [3.63, 3.8) is 0 Å². The monoisotopic (exact) mass is 376 g/mol. The summed E-state index contributed by atoms with van der Waals surface area (Å²) in [6, 6.07) is 16.6. The van der Waals surface area contributed by atoms with Gasteiger partial charge in [0.15, 0.2) is 11.4 Å². The second-order valence-corrected chi connectivity index (χ2v) is 6.26. The molecule has 2 aromatic carbocycles. The van der Waals surface area contributed by atoms with Crippen molar-refractivity contribution in [1.82, 2.24) is 10.3 Å². The Morgan fingerprint density at radius 2 is 1.96 bits per heavy atom. The largest absolute Gasteiger partial charge is 0.465 e. The predicted molar refractivity (Wildman–Crippen MR) is 108 cm³/mol. The molecule has 0 saturated carbocycles. The lowest BCUT2D eigenvalue weighted by Crippen LogP contribution is -2.12. The maximum Gasteiger partial charge on any atom is 0.338 e. The number of aliphatic imine (C=N–C) groups is 1. The van der Waals surface area contributed by atoms with Crippen LogP contribution in [-0.4, -0.2) is 29.5 Å². The Morgan fingerprint density at radius 1 is 1.22 bits per heavy atom. The molecule has 0 radical (unpaired) electrons. The van der Waals surface area contributed by atoms with Gasteiger partial charge in [0, 0.05) is 10.9 Å². The maximum atomic E-state index is 12.2. The third kappa shape index (κ3) is 4.07. The molecule has 0 spiro atoms. The minimum Gasteiger partial charge on any atom is -0.465 e. The number of carbonyl (C=O) groups is 1. The van der Waals surface area contributed by atoms with Gasteiger partial charge in [0.2, 0.25) is 0 Å². The second-order valence-electron chi connectivity index (χ2n) is 5.47. The molecule has 1 heterocycles. The number of pyridine rings is 1. The van der Waals surface area contributed by atoms with Gasteiger partial charge in [-0.25, -0.2) is 14.8 Å². The molecule has 6 nitrogen and oxygen atoms in total. The molecule has 134 valence electrons. The van der Waals surface area contributed by atoms with Crippen molar-refractivity contribution in [3.8, 4) is 17.5 Å². The number of benzene rings is 2. The van der Waals surface area contributed by atoms with Crippen LogP contribution < -0.4 is 5.32 Å². The summed E-state index contributed by atoms with van der Waals surface area (Å²) in [5, 5.41) is 12.5. The number of esters is 1. The normalized spacial score (nSPS) is 11.1. The highest BCUT2D eigenvalue weighted by atomic mass is 32.2. The highest BCUT2D eigenvalue weighted by molar-refractivity contribution is 8.13. The minimum absolute atomic E-state index is 0.400. The number of fused-ring (bicyclic) bond motifs is 1. The van der Waals surface area contributed by atoms with Gasteiger partial charge in [-0.3, -0.25) is 5.32 Å². The number of nitrogens with one attached hydrogen (secondary N) is 1. The lowest BCUT2D eigenvalue weighted by atomic mass is 10.0. The van der Waals surface area contributed by atoms with Gasteiger partial charge >= 0.3 is 5.97 Å². The van der Waals surface area contributed by atoms with E-state index < -0.39 is 5.97 Å². The number of methoxy groups -OCH3 is 1. The molecule has 0 aliphatic rings. The van der Waals surface area contributed by atoms with E-state index in [0.29, 0.717) is 22.1 Å². The van der Waals surface area contributed by atoms with E-state index in [1.54, 1.807) is 6.07 Å². The van der Waals surface area contributed by atoms with E-state index in [-0.39, 0.29) is 0 Å². The van der Waals surface area contributed by atoms with Gasteiger partial charge in [0.25, 0.3) is 0 Å². The van der Waals surface area contributed by atoms with Gasteiger partial charge < -0.3 is 4.74 Å². The molecule has 0 aliphatic carbocycles. The molecule has 1 aromatic heterocycles. The van der Waals surface area contributed by atoms with Crippen LogP contribution >= 0.6 is 11.8 Å². The first-order valence-corrected chi connectivity index (χ1v) is 9.25. The highest BCUT2D eigenvalue weighted by Gasteiger charge is 2.14. The van der Waals surface area contributed by atoms with Crippen LogP contribution in [0.5, 0.6) is 0 Å². The molecule has 3 rings (SSSR count). The molecule has 0 bridgehead atoms. The Morgan fingerprint density at radius 3 is 2.63 bits per heavy atom. The van der Waals surface area contributed by atoms with Crippen LogP contribution in [-0.2, 0) is 4.74 Å². The topological polar surface area (TPSA) is 87.4 Å². The first-order chi connectivity index (χ1) is 13.2. The summed E-state index contributed by atoms with van der Waals surface area (Å²) in [6.45, 7) is 0. The van der Waals surface area contributed by atoms with Crippen molar-refractivity contribution in [3.05, 3.63) is 60.2 Å². The minimum atomic E-state index is -0.400. The molecule has 0 unspecified atom stereocenters. The summed E-state index contributed by atoms with van der Waals surface area (Å²) >= 11 is 1.35. The number of ether oxygens (including phenoxy) is 1. The van der Waals surface area contributed by atoms with Crippen molar-refractivity contribution in [2.24, 2.45) is 4.99 Å². The number of para-hydroxylation sites is 1. The molecule has 0 atom stereocenters. The van der Waals surface area contributed by atoms with Gasteiger partial charge in [-0.2, -0.15) is 5.26 Å². The van der Waals surface area contributed by atoms with Gasteiger partial charge in [-0.15, -0.1) is 0 Å². The van der Waals surface area contributed by atoms with Crippen LogP contribution in [0.2, 0.25) is 0 Å². The highest BCUT2D eigenvalue weighted by Crippen LogP contribution is 2.27. The van der Waals surface area contributed by atoms with E-state index in [9.17, 15) is 4.79 Å². The summed E-state index contributed by atoms with van der Waals surface area (Å²) in [6.07, 6.45) is 3.70. The molecule has 0 fully saturated rings. The number of rotatable bonds is 3. The van der Waals surface area contributed by atoms with E-state index >= 15 is 0 Å². The summed E-state index contributed by atoms with van der Waals surface area (Å²) in [5.41, 5.74) is 3.43. The van der Waals surface area contributed by atoms with Crippen LogP contribution in [0.15, 0.2) is 59.6 Å².